The SMILES string of the molecule is CCNC(=O)NC(=O)COc1ccc(OC)cc1C=O. The summed E-state index contributed by atoms with van der Waals surface area (Å²) in [6.07, 6.45) is 0.597. The van der Waals surface area contributed by atoms with Crippen LogP contribution in [-0.4, -0.2) is 38.5 Å². The minimum absolute atomic E-state index is 0.242. The number of hydrogen-bond donors (Lipinski definition) is 2. The Bertz CT molecular complexity index is 502. The summed E-state index contributed by atoms with van der Waals surface area (Å²) in [5, 5.41) is 4.50. The van der Waals surface area contributed by atoms with Crippen LogP contribution in [0.15, 0.2) is 18.2 Å². The van der Waals surface area contributed by atoms with Gasteiger partial charge in [0.25, 0.3) is 5.91 Å². The highest BCUT2D eigenvalue weighted by atomic mass is 16.5. The van der Waals surface area contributed by atoms with E-state index in [0.29, 0.717) is 18.6 Å². The predicted octanol–water partition coefficient (Wildman–Crippen LogP) is 0.732. The van der Waals surface area contributed by atoms with Gasteiger partial charge in [0.1, 0.15) is 11.5 Å². The van der Waals surface area contributed by atoms with Gasteiger partial charge in [-0.25, -0.2) is 4.79 Å². The van der Waals surface area contributed by atoms with Crippen molar-refractivity contribution in [2.45, 2.75) is 6.92 Å². The van der Waals surface area contributed by atoms with Crippen molar-refractivity contribution in [3.05, 3.63) is 23.8 Å². The highest BCUT2D eigenvalue weighted by molar-refractivity contribution is 5.95. The summed E-state index contributed by atoms with van der Waals surface area (Å²) < 4.78 is 10.2. The number of ether oxygens (including phenoxy) is 2. The number of aldehydes is 1. The normalized spacial score (nSPS) is 9.50. The first kappa shape index (κ1) is 15.5. The Morgan fingerprint density at radius 3 is 2.70 bits per heavy atom. The minimum Gasteiger partial charge on any atom is -0.497 e. The van der Waals surface area contributed by atoms with E-state index in [1.54, 1.807) is 13.0 Å². The van der Waals surface area contributed by atoms with Crippen LogP contribution < -0.4 is 20.1 Å². The molecule has 1 aromatic carbocycles. The van der Waals surface area contributed by atoms with Crippen molar-refractivity contribution in [3.63, 3.8) is 0 Å². The van der Waals surface area contributed by atoms with Crippen molar-refractivity contribution in [2.24, 2.45) is 0 Å². The van der Waals surface area contributed by atoms with Crippen LogP contribution in [0.5, 0.6) is 11.5 Å². The molecule has 0 unspecified atom stereocenters. The number of urea groups is 1. The Labute approximate surface area is 116 Å². The topological polar surface area (TPSA) is 93.7 Å². The summed E-state index contributed by atoms with van der Waals surface area (Å²) in [4.78, 5) is 33.4. The largest absolute Gasteiger partial charge is 0.497 e. The zero-order valence-corrected chi connectivity index (χ0v) is 11.3. The Morgan fingerprint density at radius 2 is 2.10 bits per heavy atom. The molecule has 0 aliphatic carbocycles. The van der Waals surface area contributed by atoms with E-state index >= 15 is 0 Å². The van der Waals surface area contributed by atoms with E-state index in [1.165, 1.54) is 19.2 Å². The fourth-order valence-electron chi connectivity index (χ4n) is 1.39. The monoisotopic (exact) mass is 280 g/mol. The summed E-state index contributed by atoms with van der Waals surface area (Å²) in [6.45, 7) is 1.77. The van der Waals surface area contributed by atoms with Gasteiger partial charge in [0, 0.05) is 6.54 Å². The van der Waals surface area contributed by atoms with E-state index < -0.39 is 11.9 Å². The van der Waals surface area contributed by atoms with Crippen molar-refractivity contribution < 1.29 is 23.9 Å². The third-order valence-electron chi connectivity index (χ3n) is 2.29. The fraction of sp³-hybridized carbons (Fsp3) is 0.308. The van der Waals surface area contributed by atoms with E-state index in [-0.39, 0.29) is 17.9 Å². The average molecular weight is 280 g/mol. The molecule has 20 heavy (non-hydrogen) atoms. The van der Waals surface area contributed by atoms with Crippen molar-refractivity contribution in [3.8, 4) is 11.5 Å². The standard InChI is InChI=1S/C13H16N2O5/c1-3-14-13(18)15-12(17)8-20-11-5-4-10(19-2)6-9(11)7-16/h4-7H,3,8H2,1-2H3,(H2,14,15,17,18). The smallest absolute Gasteiger partial charge is 0.321 e. The van der Waals surface area contributed by atoms with Crippen LogP contribution in [0.25, 0.3) is 0 Å². The molecule has 7 heteroatoms. The highest BCUT2D eigenvalue weighted by Gasteiger charge is 2.10. The number of amides is 3. The summed E-state index contributed by atoms with van der Waals surface area (Å²) in [5.74, 6) is 0.140. The lowest BCUT2D eigenvalue weighted by atomic mass is 10.2. The van der Waals surface area contributed by atoms with Gasteiger partial charge in [-0.2, -0.15) is 0 Å². The van der Waals surface area contributed by atoms with E-state index in [0.717, 1.165) is 0 Å². The van der Waals surface area contributed by atoms with E-state index in [1.807, 2.05) is 0 Å². The zero-order valence-electron chi connectivity index (χ0n) is 11.3. The van der Waals surface area contributed by atoms with Crippen molar-refractivity contribution >= 4 is 18.2 Å². The Balaban J connectivity index is 2.59. The number of carbonyl (C=O) groups excluding carboxylic acids is 3. The van der Waals surface area contributed by atoms with Crippen molar-refractivity contribution in [2.75, 3.05) is 20.3 Å². The van der Waals surface area contributed by atoms with Gasteiger partial charge in [0.05, 0.1) is 12.7 Å². The van der Waals surface area contributed by atoms with Gasteiger partial charge in [-0.15, -0.1) is 0 Å². The molecule has 0 aliphatic heterocycles. The number of hydrogen-bond acceptors (Lipinski definition) is 5. The number of benzene rings is 1. The van der Waals surface area contributed by atoms with E-state index in [4.69, 9.17) is 9.47 Å². The lowest BCUT2D eigenvalue weighted by Crippen LogP contribution is -2.41. The van der Waals surface area contributed by atoms with E-state index in [2.05, 4.69) is 10.6 Å². The van der Waals surface area contributed by atoms with Crippen LogP contribution in [0.3, 0.4) is 0 Å². The molecule has 0 fully saturated rings. The second kappa shape index (κ2) is 7.78. The average Bonchev–Trinajstić information content (AvgIpc) is 2.45. The molecule has 1 aromatic rings. The molecule has 1 rings (SSSR count). The second-order valence-corrected chi connectivity index (χ2v) is 3.72. The molecule has 0 atom stereocenters. The van der Waals surface area contributed by atoms with Gasteiger partial charge in [-0.3, -0.25) is 14.9 Å². The lowest BCUT2D eigenvalue weighted by molar-refractivity contribution is -0.122. The van der Waals surface area contributed by atoms with Crippen molar-refractivity contribution in [1.82, 2.24) is 10.6 Å². The zero-order chi connectivity index (χ0) is 15.0. The molecular weight excluding hydrogens is 264 g/mol. The molecule has 0 aromatic heterocycles. The molecule has 2 N–H and O–H groups in total. The quantitative estimate of drug-likeness (QED) is 0.749. The summed E-state index contributed by atoms with van der Waals surface area (Å²) in [7, 11) is 1.48. The molecule has 0 bridgehead atoms. The molecule has 3 amide bonds. The highest BCUT2D eigenvalue weighted by Crippen LogP contribution is 2.22. The molecule has 0 aliphatic rings. The van der Waals surface area contributed by atoms with Crippen LogP contribution in [0.1, 0.15) is 17.3 Å². The van der Waals surface area contributed by atoms with Crippen molar-refractivity contribution in [1.29, 1.82) is 0 Å². The molecule has 0 spiro atoms. The van der Waals surface area contributed by atoms with Gasteiger partial charge in [0.2, 0.25) is 0 Å². The van der Waals surface area contributed by atoms with Crippen LogP contribution in [0.4, 0.5) is 4.79 Å². The Hall–Kier alpha value is -2.57. The molecule has 0 heterocycles. The van der Waals surface area contributed by atoms with Gasteiger partial charge >= 0.3 is 6.03 Å². The molecule has 0 saturated heterocycles. The van der Waals surface area contributed by atoms with Crippen LogP contribution in [0, 0.1) is 0 Å². The molecule has 0 radical (unpaired) electrons. The van der Waals surface area contributed by atoms with Gasteiger partial charge in [-0.1, -0.05) is 0 Å². The number of imide groups is 1. The first-order chi connectivity index (χ1) is 9.60. The van der Waals surface area contributed by atoms with Crippen LogP contribution in [0.2, 0.25) is 0 Å². The third-order valence-corrected chi connectivity index (χ3v) is 2.29. The maximum absolute atomic E-state index is 11.4. The number of methoxy groups -OCH3 is 1. The minimum atomic E-state index is -0.608. The summed E-state index contributed by atoms with van der Waals surface area (Å²) >= 11 is 0. The van der Waals surface area contributed by atoms with E-state index in [9.17, 15) is 14.4 Å². The lowest BCUT2D eigenvalue weighted by Gasteiger charge is -2.09. The maximum atomic E-state index is 11.4. The fourth-order valence-corrected chi connectivity index (χ4v) is 1.39. The van der Waals surface area contributed by atoms with Gasteiger partial charge in [-0.05, 0) is 25.1 Å². The molecule has 108 valence electrons. The Morgan fingerprint density at radius 1 is 1.35 bits per heavy atom. The van der Waals surface area contributed by atoms with Gasteiger partial charge < -0.3 is 14.8 Å². The number of carbonyl (C=O) groups is 3. The molecule has 7 nitrogen and oxygen atoms in total. The molecular formula is C13H16N2O5. The number of rotatable bonds is 6. The summed E-state index contributed by atoms with van der Waals surface area (Å²) in [6, 6.07) is 4.02. The summed E-state index contributed by atoms with van der Waals surface area (Å²) in [5.41, 5.74) is 0.259. The van der Waals surface area contributed by atoms with Crippen LogP contribution >= 0.6 is 0 Å². The number of nitrogens with one attached hydrogen (secondary N) is 2. The first-order valence-electron chi connectivity index (χ1n) is 5.94. The third kappa shape index (κ3) is 4.60. The van der Waals surface area contributed by atoms with Gasteiger partial charge in [0.15, 0.2) is 12.9 Å². The Kier molecular flexibility index (Phi) is 6.02. The predicted molar refractivity (Wildman–Crippen MR) is 71.1 cm³/mol. The maximum Gasteiger partial charge on any atom is 0.321 e. The second-order valence-electron chi connectivity index (χ2n) is 3.72. The van der Waals surface area contributed by atoms with Crippen LogP contribution in [-0.2, 0) is 4.79 Å². The molecule has 0 saturated carbocycles. The first-order valence-corrected chi connectivity index (χ1v) is 5.94.